The average molecular weight is 386 g/mol. The number of anilines is 2. The van der Waals surface area contributed by atoms with E-state index < -0.39 is 11.9 Å². The Balaban J connectivity index is 1.61. The molecule has 6 nitrogen and oxygen atoms in total. The number of halogens is 1. The van der Waals surface area contributed by atoms with Crippen molar-refractivity contribution in [2.24, 2.45) is 0 Å². The van der Waals surface area contributed by atoms with Crippen molar-refractivity contribution in [1.82, 2.24) is 0 Å². The number of carbonyl (C=O) groups excluding carboxylic acids is 3. The van der Waals surface area contributed by atoms with Gasteiger partial charge in [-0.25, -0.2) is 4.39 Å². The van der Waals surface area contributed by atoms with Crippen LogP contribution >= 0.6 is 0 Å². The zero-order valence-corrected chi connectivity index (χ0v) is 15.7. The lowest BCUT2D eigenvalue weighted by atomic mass is 10.1. The Kier molecular flexibility index (Phi) is 8.14. The maximum absolute atomic E-state index is 12.8. The van der Waals surface area contributed by atoms with E-state index in [1.165, 1.54) is 24.3 Å². The predicted octanol–water partition coefficient (Wildman–Crippen LogP) is 3.68. The summed E-state index contributed by atoms with van der Waals surface area (Å²) < 4.78 is 17.7. The van der Waals surface area contributed by atoms with Crippen molar-refractivity contribution < 1.29 is 23.5 Å². The summed E-state index contributed by atoms with van der Waals surface area (Å²) >= 11 is 0. The highest BCUT2D eigenvalue weighted by molar-refractivity contribution is 5.93. The number of amides is 2. The molecule has 0 aliphatic carbocycles. The molecule has 0 heterocycles. The van der Waals surface area contributed by atoms with E-state index in [9.17, 15) is 18.8 Å². The van der Waals surface area contributed by atoms with E-state index in [-0.39, 0.29) is 37.6 Å². The number of hydrogen-bond acceptors (Lipinski definition) is 4. The highest BCUT2D eigenvalue weighted by Crippen LogP contribution is 2.11. The lowest BCUT2D eigenvalue weighted by molar-refractivity contribution is -0.147. The molecule has 0 fully saturated rings. The first-order valence-electron chi connectivity index (χ1n) is 9.06. The van der Waals surface area contributed by atoms with Crippen LogP contribution in [0, 0.1) is 5.82 Å². The van der Waals surface area contributed by atoms with Crippen LogP contribution in [0.5, 0.6) is 0 Å². The second-order valence-corrected chi connectivity index (χ2v) is 6.17. The largest absolute Gasteiger partial charge is 0.456 e. The fourth-order valence-corrected chi connectivity index (χ4v) is 2.39. The predicted molar refractivity (Wildman–Crippen MR) is 104 cm³/mol. The molecule has 0 unspecified atom stereocenters. The second kappa shape index (κ2) is 10.8. The topological polar surface area (TPSA) is 84.5 Å². The van der Waals surface area contributed by atoms with Gasteiger partial charge in [-0.3, -0.25) is 14.4 Å². The van der Waals surface area contributed by atoms with Gasteiger partial charge in [0.05, 0.1) is 0 Å². The molecular weight excluding hydrogens is 363 g/mol. The third kappa shape index (κ3) is 7.57. The number of hydrogen-bond donors (Lipinski definition) is 2. The van der Waals surface area contributed by atoms with Crippen molar-refractivity contribution in [2.75, 3.05) is 17.2 Å². The third-order valence-electron chi connectivity index (χ3n) is 3.92. The Hall–Kier alpha value is -3.22. The van der Waals surface area contributed by atoms with Crippen molar-refractivity contribution in [3.63, 3.8) is 0 Å². The Labute approximate surface area is 163 Å². The minimum absolute atomic E-state index is 0.0231. The van der Waals surface area contributed by atoms with Gasteiger partial charge in [-0.2, -0.15) is 0 Å². The molecular formula is C21H23FN2O4. The monoisotopic (exact) mass is 386 g/mol. The summed E-state index contributed by atoms with van der Waals surface area (Å²) in [6, 6.07) is 12.8. The van der Waals surface area contributed by atoms with E-state index >= 15 is 0 Å². The van der Waals surface area contributed by atoms with Crippen LogP contribution in [0.1, 0.15) is 31.7 Å². The summed E-state index contributed by atoms with van der Waals surface area (Å²) in [5, 5.41) is 5.25. The molecule has 0 saturated heterocycles. The third-order valence-corrected chi connectivity index (χ3v) is 3.92. The van der Waals surface area contributed by atoms with Crippen molar-refractivity contribution in [2.45, 2.75) is 32.6 Å². The Morgan fingerprint density at radius 2 is 1.43 bits per heavy atom. The molecule has 0 aliphatic heterocycles. The molecule has 0 saturated carbocycles. The molecule has 2 amide bonds. The summed E-state index contributed by atoms with van der Waals surface area (Å²) in [6.45, 7) is 1.66. The van der Waals surface area contributed by atoms with Gasteiger partial charge >= 0.3 is 5.97 Å². The van der Waals surface area contributed by atoms with E-state index in [4.69, 9.17) is 4.74 Å². The van der Waals surface area contributed by atoms with E-state index in [1.807, 2.05) is 19.1 Å². The Bertz CT molecular complexity index is 804. The maximum Gasteiger partial charge on any atom is 0.306 e. The standard InChI is InChI=1S/C21H23FN2O4/c1-2-15-6-10-17(11-7-15)24-20(26)14-28-21(27)5-3-4-19(25)23-18-12-8-16(22)9-13-18/h6-13H,2-5,14H2,1H3,(H,23,25)(H,24,26). The van der Waals surface area contributed by atoms with E-state index in [0.29, 0.717) is 11.4 Å². The van der Waals surface area contributed by atoms with Crippen LogP contribution in [-0.4, -0.2) is 24.4 Å². The molecule has 2 rings (SSSR count). The summed E-state index contributed by atoms with van der Waals surface area (Å²) in [4.78, 5) is 35.3. The lowest BCUT2D eigenvalue weighted by Gasteiger charge is -2.07. The van der Waals surface area contributed by atoms with Gasteiger partial charge < -0.3 is 15.4 Å². The molecule has 0 aromatic heterocycles. The van der Waals surface area contributed by atoms with Crippen molar-refractivity contribution in [1.29, 1.82) is 0 Å². The first kappa shape index (κ1) is 21.1. The molecule has 0 radical (unpaired) electrons. The molecule has 7 heteroatoms. The zero-order chi connectivity index (χ0) is 20.4. The van der Waals surface area contributed by atoms with Gasteiger partial charge in [0.2, 0.25) is 5.91 Å². The average Bonchev–Trinajstić information content (AvgIpc) is 2.69. The second-order valence-electron chi connectivity index (χ2n) is 6.17. The normalized spacial score (nSPS) is 10.2. The quantitative estimate of drug-likeness (QED) is 0.644. The number of esters is 1. The van der Waals surface area contributed by atoms with Crippen LogP contribution in [0.2, 0.25) is 0 Å². The molecule has 0 bridgehead atoms. The van der Waals surface area contributed by atoms with Crippen molar-refractivity contribution in [3.8, 4) is 0 Å². The molecule has 2 aromatic rings. The van der Waals surface area contributed by atoms with Crippen LogP contribution in [0.25, 0.3) is 0 Å². The molecule has 0 aliphatic rings. The SMILES string of the molecule is CCc1ccc(NC(=O)COC(=O)CCCC(=O)Nc2ccc(F)cc2)cc1. The van der Waals surface area contributed by atoms with Gasteiger partial charge in [-0.05, 0) is 54.8 Å². The van der Waals surface area contributed by atoms with Crippen LogP contribution < -0.4 is 10.6 Å². The maximum atomic E-state index is 12.8. The van der Waals surface area contributed by atoms with Gasteiger partial charge in [0.15, 0.2) is 6.61 Å². The number of ether oxygens (including phenoxy) is 1. The first-order chi connectivity index (χ1) is 13.5. The van der Waals surface area contributed by atoms with Gasteiger partial charge in [0.25, 0.3) is 5.91 Å². The fraction of sp³-hybridized carbons (Fsp3) is 0.286. The van der Waals surface area contributed by atoms with E-state index in [1.54, 1.807) is 12.1 Å². The van der Waals surface area contributed by atoms with Gasteiger partial charge in [-0.1, -0.05) is 19.1 Å². The molecule has 2 aromatic carbocycles. The van der Waals surface area contributed by atoms with E-state index in [2.05, 4.69) is 10.6 Å². The van der Waals surface area contributed by atoms with Gasteiger partial charge in [0.1, 0.15) is 5.82 Å². The molecule has 28 heavy (non-hydrogen) atoms. The highest BCUT2D eigenvalue weighted by atomic mass is 19.1. The number of carbonyl (C=O) groups is 3. The molecule has 0 atom stereocenters. The molecule has 0 spiro atoms. The lowest BCUT2D eigenvalue weighted by Crippen LogP contribution is -2.21. The Morgan fingerprint density at radius 3 is 2.04 bits per heavy atom. The van der Waals surface area contributed by atoms with Gasteiger partial charge in [-0.15, -0.1) is 0 Å². The summed E-state index contributed by atoms with van der Waals surface area (Å²) in [7, 11) is 0. The first-order valence-corrected chi connectivity index (χ1v) is 9.06. The number of nitrogens with one attached hydrogen (secondary N) is 2. The Morgan fingerprint density at radius 1 is 0.857 bits per heavy atom. The minimum atomic E-state index is -0.550. The van der Waals surface area contributed by atoms with Gasteiger partial charge in [0, 0.05) is 24.2 Å². The summed E-state index contributed by atoms with van der Waals surface area (Å²) in [6.07, 6.45) is 1.33. The van der Waals surface area contributed by atoms with Crippen molar-refractivity contribution in [3.05, 3.63) is 59.9 Å². The number of benzene rings is 2. The molecule has 2 N–H and O–H groups in total. The molecule has 148 valence electrons. The highest BCUT2D eigenvalue weighted by Gasteiger charge is 2.10. The zero-order valence-electron chi connectivity index (χ0n) is 15.7. The van der Waals surface area contributed by atoms with E-state index in [0.717, 1.165) is 12.0 Å². The summed E-state index contributed by atoms with van der Waals surface area (Å²) in [5.41, 5.74) is 2.28. The fourth-order valence-electron chi connectivity index (χ4n) is 2.39. The summed E-state index contributed by atoms with van der Waals surface area (Å²) in [5.74, 6) is -1.65. The number of aryl methyl sites for hydroxylation is 1. The van der Waals surface area contributed by atoms with Crippen LogP contribution in [-0.2, 0) is 25.5 Å². The van der Waals surface area contributed by atoms with Crippen LogP contribution in [0.4, 0.5) is 15.8 Å². The number of rotatable bonds is 9. The van der Waals surface area contributed by atoms with Crippen LogP contribution in [0.15, 0.2) is 48.5 Å². The van der Waals surface area contributed by atoms with Crippen LogP contribution in [0.3, 0.4) is 0 Å². The minimum Gasteiger partial charge on any atom is -0.456 e. The smallest absolute Gasteiger partial charge is 0.306 e. The van der Waals surface area contributed by atoms with Crippen molar-refractivity contribution >= 4 is 29.2 Å².